The fraction of sp³-hybridized carbons (Fsp3) is 0.133. The highest BCUT2D eigenvalue weighted by Gasteiger charge is 2.15. The fourth-order valence-electron chi connectivity index (χ4n) is 2.33. The molecule has 0 fully saturated rings. The summed E-state index contributed by atoms with van der Waals surface area (Å²) < 4.78 is 29.2. The molecular formula is C15H10BrClF2N2. The van der Waals surface area contributed by atoms with Gasteiger partial charge in [-0.1, -0.05) is 0 Å². The van der Waals surface area contributed by atoms with Gasteiger partial charge < -0.3 is 0 Å². The summed E-state index contributed by atoms with van der Waals surface area (Å²) in [4.78, 5) is 4.40. The average Bonchev–Trinajstić information content (AvgIpc) is 2.80. The van der Waals surface area contributed by atoms with Gasteiger partial charge in [-0.3, -0.25) is 4.57 Å². The maximum absolute atomic E-state index is 13.6. The molecule has 6 heteroatoms. The van der Waals surface area contributed by atoms with Crippen molar-refractivity contribution in [3.63, 3.8) is 0 Å². The molecule has 1 heterocycles. The van der Waals surface area contributed by atoms with Gasteiger partial charge in [0.1, 0.15) is 17.5 Å². The zero-order valence-electron chi connectivity index (χ0n) is 11.0. The molecule has 3 aromatic rings. The first-order valence-electron chi connectivity index (χ1n) is 6.20. The molecule has 2 aromatic carbocycles. The van der Waals surface area contributed by atoms with Crippen LogP contribution < -0.4 is 0 Å². The minimum Gasteiger partial charge on any atom is -0.295 e. The van der Waals surface area contributed by atoms with Crippen molar-refractivity contribution >= 4 is 38.6 Å². The van der Waals surface area contributed by atoms with Gasteiger partial charge in [-0.25, -0.2) is 13.8 Å². The predicted octanol–water partition coefficient (Wildman–Crippen LogP) is 5.11. The molecule has 0 saturated heterocycles. The minimum absolute atomic E-state index is 0.171. The van der Waals surface area contributed by atoms with Crippen molar-refractivity contribution in [1.29, 1.82) is 0 Å². The summed E-state index contributed by atoms with van der Waals surface area (Å²) in [7, 11) is 0. The Hall–Kier alpha value is -1.46. The van der Waals surface area contributed by atoms with Gasteiger partial charge in [0.25, 0.3) is 0 Å². The Bertz CT molecular complexity index is 845. The molecule has 21 heavy (non-hydrogen) atoms. The van der Waals surface area contributed by atoms with Crippen molar-refractivity contribution in [3.05, 3.63) is 57.8 Å². The second kappa shape index (κ2) is 5.39. The molecule has 0 aliphatic rings. The number of hydrogen-bond acceptors (Lipinski definition) is 1. The van der Waals surface area contributed by atoms with Crippen LogP contribution in [0.4, 0.5) is 8.78 Å². The third kappa shape index (κ3) is 2.45. The van der Waals surface area contributed by atoms with Crippen LogP contribution in [0.25, 0.3) is 16.7 Å². The summed E-state index contributed by atoms with van der Waals surface area (Å²) in [6.45, 7) is 1.79. The number of imidazole rings is 1. The normalized spacial score (nSPS) is 11.3. The van der Waals surface area contributed by atoms with Crippen LogP contribution in [0.1, 0.15) is 11.4 Å². The number of nitrogens with zero attached hydrogens (tertiary/aromatic N) is 2. The monoisotopic (exact) mass is 370 g/mol. The SMILES string of the molecule is Cc1cc(F)c(Br)cc1-n1c(CCl)nc2ccc(F)cc21. The third-order valence-corrected chi connectivity index (χ3v) is 4.13. The highest BCUT2D eigenvalue weighted by atomic mass is 79.9. The first-order valence-corrected chi connectivity index (χ1v) is 7.53. The van der Waals surface area contributed by atoms with Crippen molar-refractivity contribution in [2.75, 3.05) is 0 Å². The van der Waals surface area contributed by atoms with Crippen molar-refractivity contribution in [2.45, 2.75) is 12.8 Å². The lowest BCUT2D eigenvalue weighted by molar-refractivity contribution is 0.619. The number of rotatable bonds is 2. The summed E-state index contributed by atoms with van der Waals surface area (Å²) >= 11 is 9.13. The zero-order valence-corrected chi connectivity index (χ0v) is 13.3. The standard InChI is InChI=1S/C15H10BrClF2N2/c1-8-4-11(19)10(16)6-13(8)21-14-5-9(18)2-3-12(14)20-15(21)7-17/h2-6H,7H2,1H3. The molecule has 0 aliphatic heterocycles. The molecule has 0 amide bonds. The van der Waals surface area contributed by atoms with Gasteiger partial charge in [0.15, 0.2) is 0 Å². The molecule has 0 radical (unpaired) electrons. The van der Waals surface area contributed by atoms with E-state index < -0.39 is 0 Å². The van der Waals surface area contributed by atoms with E-state index in [1.807, 2.05) is 0 Å². The van der Waals surface area contributed by atoms with Gasteiger partial charge in [-0.05, 0) is 52.7 Å². The molecule has 2 nitrogen and oxygen atoms in total. The Morgan fingerprint density at radius 2 is 2.00 bits per heavy atom. The summed E-state index contributed by atoms with van der Waals surface area (Å²) in [5, 5.41) is 0. The number of alkyl halides is 1. The van der Waals surface area contributed by atoms with Gasteiger partial charge in [0, 0.05) is 6.07 Å². The van der Waals surface area contributed by atoms with Gasteiger partial charge in [0.2, 0.25) is 0 Å². The average molecular weight is 372 g/mol. The molecule has 0 aliphatic carbocycles. The van der Waals surface area contributed by atoms with Gasteiger partial charge in [-0.2, -0.15) is 0 Å². The molecule has 108 valence electrons. The van der Waals surface area contributed by atoms with Crippen LogP contribution in [-0.2, 0) is 5.88 Å². The van der Waals surface area contributed by atoms with E-state index in [1.54, 1.807) is 23.6 Å². The van der Waals surface area contributed by atoms with Crippen molar-refractivity contribution in [1.82, 2.24) is 9.55 Å². The quantitative estimate of drug-likeness (QED) is 0.572. The minimum atomic E-state index is -0.358. The van der Waals surface area contributed by atoms with Crippen LogP contribution in [-0.4, -0.2) is 9.55 Å². The smallest absolute Gasteiger partial charge is 0.137 e. The number of aryl methyl sites for hydroxylation is 1. The van der Waals surface area contributed by atoms with Gasteiger partial charge in [-0.15, -0.1) is 11.6 Å². The molecule has 0 bridgehead atoms. The van der Waals surface area contributed by atoms with Crippen LogP contribution in [0.3, 0.4) is 0 Å². The molecule has 0 spiro atoms. The zero-order chi connectivity index (χ0) is 15.1. The van der Waals surface area contributed by atoms with E-state index in [0.29, 0.717) is 32.6 Å². The molecule has 0 saturated carbocycles. The lowest BCUT2D eigenvalue weighted by Crippen LogP contribution is -2.02. The van der Waals surface area contributed by atoms with E-state index in [0.717, 1.165) is 0 Å². The first kappa shape index (κ1) is 14.5. The van der Waals surface area contributed by atoms with Crippen molar-refractivity contribution in [3.8, 4) is 5.69 Å². The molecule has 0 N–H and O–H groups in total. The summed E-state index contributed by atoms with van der Waals surface area (Å²) in [6.07, 6.45) is 0. The van der Waals surface area contributed by atoms with E-state index in [2.05, 4.69) is 20.9 Å². The van der Waals surface area contributed by atoms with E-state index >= 15 is 0 Å². The third-order valence-electron chi connectivity index (χ3n) is 3.29. The topological polar surface area (TPSA) is 17.8 Å². The molecular weight excluding hydrogens is 362 g/mol. The highest BCUT2D eigenvalue weighted by molar-refractivity contribution is 9.10. The van der Waals surface area contributed by atoms with E-state index in [9.17, 15) is 8.78 Å². The Kier molecular flexibility index (Phi) is 3.71. The predicted molar refractivity (Wildman–Crippen MR) is 83.0 cm³/mol. The van der Waals surface area contributed by atoms with Crippen LogP contribution in [0.5, 0.6) is 0 Å². The second-order valence-electron chi connectivity index (χ2n) is 4.68. The number of hydrogen-bond donors (Lipinski definition) is 0. The number of benzene rings is 2. The van der Waals surface area contributed by atoms with E-state index in [1.165, 1.54) is 18.2 Å². The Morgan fingerprint density at radius 1 is 1.24 bits per heavy atom. The lowest BCUT2D eigenvalue weighted by Gasteiger charge is -2.12. The van der Waals surface area contributed by atoms with Gasteiger partial charge in [0.05, 0.1) is 27.1 Å². The lowest BCUT2D eigenvalue weighted by atomic mass is 10.2. The molecule has 0 unspecified atom stereocenters. The van der Waals surface area contributed by atoms with Crippen LogP contribution >= 0.6 is 27.5 Å². The molecule has 0 atom stereocenters. The van der Waals surface area contributed by atoms with Crippen LogP contribution in [0.15, 0.2) is 34.8 Å². The summed E-state index contributed by atoms with van der Waals surface area (Å²) in [5.74, 6) is 0.0480. The van der Waals surface area contributed by atoms with Crippen LogP contribution in [0.2, 0.25) is 0 Å². The van der Waals surface area contributed by atoms with Crippen LogP contribution in [0, 0.1) is 18.6 Å². The van der Waals surface area contributed by atoms with Crippen molar-refractivity contribution < 1.29 is 8.78 Å². The maximum atomic E-state index is 13.6. The maximum Gasteiger partial charge on any atom is 0.137 e. The Balaban J connectivity index is 2.38. The Labute approximate surface area is 133 Å². The number of halogens is 4. The fourth-order valence-corrected chi connectivity index (χ4v) is 2.84. The van der Waals surface area contributed by atoms with E-state index in [4.69, 9.17) is 11.6 Å². The first-order chi connectivity index (χ1) is 10.0. The summed E-state index contributed by atoms with van der Waals surface area (Å²) in [6, 6.07) is 7.42. The summed E-state index contributed by atoms with van der Waals surface area (Å²) in [5.41, 5.74) is 2.68. The van der Waals surface area contributed by atoms with E-state index in [-0.39, 0.29) is 17.5 Å². The molecule has 1 aromatic heterocycles. The Morgan fingerprint density at radius 3 is 2.71 bits per heavy atom. The highest BCUT2D eigenvalue weighted by Crippen LogP contribution is 2.29. The van der Waals surface area contributed by atoms with Crippen molar-refractivity contribution in [2.24, 2.45) is 0 Å². The van der Waals surface area contributed by atoms with Gasteiger partial charge >= 0.3 is 0 Å². The number of aromatic nitrogens is 2. The number of fused-ring (bicyclic) bond motifs is 1. The largest absolute Gasteiger partial charge is 0.295 e. The second-order valence-corrected chi connectivity index (χ2v) is 5.80. The molecule has 3 rings (SSSR count).